The molecule has 0 bridgehead atoms. The average molecular weight is 435 g/mol. The van der Waals surface area contributed by atoms with E-state index in [1.807, 2.05) is 0 Å². The molecule has 0 fully saturated rings. The van der Waals surface area contributed by atoms with Crippen molar-refractivity contribution in [1.82, 2.24) is 19.5 Å². The zero-order valence-corrected chi connectivity index (χ0v) is 15.8. The number of aromatic nitrogens is 4. The molecule has 0 radical (unpaired) electrons. The van der Waals surface area contributed by atoms with Gasteiger partial charge in [-0.2, -0.15) is 18.2 Å². The fourth-order valence-corrected chi connectivity index (χ4v) is 2.85. The van der Waals surface area contributed by atoms with E-state index in [0.29, 0.717) is 12.3 Å². The van der Waals surface area contributed by atoms with Gasteiger partial charge in [0.25, 0.3) is 5.91 Å². The van der Waals surface area contributed by atoms with E-state index in [4.69, 9.17) is 4.74 Å². The molecular weight excluding hydrogens is 422 g/mol. The maximum absolute atomic E-state index is 14.2. The van der Waals surface area contributed by atoms with Crippen molar-refractivity contribution in [3.05, 3.63) is 65.7 Å². The minimum Gasteiger partial charge on any atom is -0.380 e. The number of fused-ring (bicyclic) bond motifs is 1. The van der Waals surface area contributed by atoms with Gasteiger partial charge in [0.1, 0.15) is 17.2 Å². The lowest BCUT2D eigenvalue weighted by Crippen LogP contribution is -2.15. The fraction of sp³-hybridized carbons (Fsp3) is 0.158. The van der Waals surface area contributed by atoms with Gasteiger partial charge in [0.2, 0.25) is 5.82 Å². The van der Waals surface area contributed by atoms with E-state index in [2.05, 4.69) is 25.0 Å². The first kappa shape index (κ1) is 20.5. The minimum atomic E-state index is -4.81. The normalized spacial score (nSPS) is 11.8. The molecule has 160 valence electrons. The quantitative estimate of drug-likeness (QED) is 0.477. The van der Waals surface area contributed by atoms with Crippen molar-refractivity contribution in [3.8, 4) is 11.4 Å². The van der Waals surface area contributed by atoms with Crippen molar-refractivity contribution in [1.29, 1.82) is 0 Å². The summed E-state index contributed by atoms with van der Waals surface area (Å²) in [5.74, 6) is -3.40. The molecule has 4 aromatic rings. The number of carbonyl (C=O) groups excluding carboxylic acids is 1. The van der Waals surface area contributed by atoms with Crippen LogP contribution >= 0.6 is 0 Å². The van der Waals surface area contributed by atoms with Crippen LogP contribution in [0.3, 0.4) is 0 Å². The lowest BCUT2D eigenvalue weighted by Gasteiger charge is -2.08. The summed E-state index contributed by atoms with van der Waals surface area (Å²) in [5.41, 5.74) is 1.22. The van der Waals surface area contributed by atoms with E-state index in [0.717, 1.165) is 17.7 Å². The van der Waals surface area contributed by atoms with Crippen molar-refractivity contribution < 1.29 is 31.6 Å². The Labute approximate surface area is 171 Å². The summed E-state index contributed by atoms with van der Waals surface area (Å²) in [6.07, 6.45) is -1.87. The number of hydrogen-bond acceptors (Lipinski definition) is 6. The van der Waals surface area contributed by atoms with E-state index in [1.54, 1.807) is 25.4 Å². The molecule has 0 saturated heterocycles. The number of hydrogen-bond donors (Lipinski definition) is 1. The molecule has 12 heteroatoms. The number of amides is 1. The number of rotatable bonds is 5. The Morgan fingerprint density at radius 2 is 2.06 bits per heavy atom. The van der Waals surface area contributed by atoms with Crippen LogP contribution in [0, 0.1) is 5.82 Å². The molecule has 1 aromatic carbocycles. The van der Waals surface area contributed by atoms with Crippen LogP contribution in [0.2, 0.25) is 0 Å². The number of carbonyl (C=O) groups is 1. The molecule has 0 saturated carbocycles. The van der Waals surface area contributed by atoms with Crippen LogP contribution < -0.4 is 5.32 Å². The molecule has 0 spiro atoms. The molecule has 0 atom stereocenters. The number of benzene rings is 1. The second kappa shape index (κ2) is 7.80. The Kier molecular flexibility index (Phi) is 5.15. The highest BCUT2D eigenvalue weighted by molar-refractivity contribution is 6.03. The summed E-state index contributed by atoms with van der Waals surface area (Å²) < 4.78 is 62.9. The van der Waals surface area contributed by atoms with Crippen LogP contribution in [0.5, 0.6) is 0 Å². The van der Waals surface area contributed by atoms with E-state index in [9.17, 15) is 22.4 Å². The van der Waals surface area contributed by atoms with Crippen LogP contribution in [0.1, 0.15) is 21.9 Å². The SMILES string of the molecule is COCc1ccn2c(C(=O)Nc3cc(-c4noc(C(F)(F)F)n4)ccc3F)cnc2c1. The van der Waals surface area contributed by atoms with Gasteiger partial charge in [0.05, 0.1) is 18.5 Å². The second-order valence-electron chi connectivity index (χ2n) is 6.41. The molecule has 31 heavy (non-hydrogen) atoms. The zero-order chi connectivity index (χ0) is 22.2. The molecule has 3 heterocycles. The third-order valence-electron chi connectivity index (χ3n) is 4.26. The fourth-order valence-electron chi connectivity index (χ4n) is 2.85. The molecule has 0 unspecified atom stereocenters. The minimum absolute atomic E-state index is 0.0262. The highest BCUT2D eigenvalue weighted by Crippen LogP contribution is 2.30. The predicted molar refractivity (Wildman–Crippen MR) is 98.6 cm³/mol. The molecule has 0 aliphatic carbocycles. The first-order chi connectivity index (χ1) is 14.8. The van der Waals surface area contributed by atoms with Gasteiger partial charge in [-0.1, -0.05) is 5.16 Å². The van der Waals surface area contributed by atoms with Crippen LogP contribution in [0.25, 0.3) is 17.0 Å². The van der Waals surface area contributed by atoms with Crippen molar-refractivity contribution in [2.75, 3.05) is 12.4 Å². The monoisotopic (exact) mass is 435 g/mol. The highest BCUT2D eigenvalue weighted by atomic mass is 19.4. The molecule has 1 N–H and O–H groups in total. The Bertz CT molecular complexity index is 1270. The van der Waals surface area contributed by atoms with Crippen LogP contribution in [-0.2, 0) is 17.5 Å². The molecule has 0 aliphatic heterocycles. The maximum Gasteiger partial charge on any atom is 0.471 e. The molecule has 1 amide bonds. The summed E-state index contributed by atoms with van der Waals surface area (Å²) in [7, 11) is 1.55. The number of ether oxygens (including phenoxy) is 1. The zero-order valence-electron chi connectivity index (χ0n) is 15.8. The van der Waals surface area contributed by atoms with E-state index in [1.165, 1.54) is 16.7 Å². The highest BCUT2D eigenvalue weighted by Gasteiger charge is 2.38. The van der Waals surface area contributed by atoms with Gasteiger partial charge in [0, 0.05) is 18.9 Å². The van der Waals surface area contributed by atoms with Crippen molar-refractivity contribution >= 4 is 17.2 Å². The van der Waals surface area contributed by atoms with Gasteiger partial charge in [-0.3, -0.25) is 9.20 Å². The third kappa shape index (κ3) is 4.10. The lowest BCUT2D eigenvalue weighted by atomic mass is 10.2. The van der Waals surface area contributed by atoms with Gasteiger partial charge in [-0.05, 0) is 35.9 Å². The topological polar surface area (TPSA) is 94.6 Å². The Hall–Kier alpha value is -3.80. The number of alkyl halides is 3. The predicted octanol–water partition coefficient (Wildman–Crippen LogP) is 3.94. The summed E-state index contributed by atoms with van der Waals surface area (Å²) in [6, 6.07) is 6.72. The van der Waals surface area contributed by atoms with Crippen LogP contribution in [0.4, 0.5) is 23.2 Å². The van der Waals surface area contributed by atoms with Gasteiger partial charge in [-0.15, -0.1) is 0 Å². The molecule has 0 aliphatic rings. The van der Waals surface area contributed by atoms with Crippen molar-refractivity contribution in [2.45, 2.75) is 12.8 Å². The van der Waals surface area contributed by atoms with Crippen LogP contribution in [0.15, 0.2) is 47.2 Å². The largest absolute Gasteiger partial charge is 0.471 e. The molecule has 4 rings (SSSR count). The van der Waals surface area contributed by atoms with Gasteiger partial charge in [-0.25, -0.2) is 9.37 Å². The average Bonchev–Trinajstić information content (AvgIpc) is 3.37. The Morgan fingerprint density at radius 1 is 1.26 bits per heavy atom. The number of imidazole rings is 1. The van der Waals surface area contributed by atoms with Gasteiger partial charge in [0.15, 0.2) is 0 Å². The number of anilines is 1. The van der Waals surface area contributed by atoms with Crippen LogP contribution in [-0.4, -0.2) is 32.5 Å². The first-order valence-corrected chi connectivity index (χ1v) is 8.73. The Morgan fingerprint density at radius 3 is 2.77 bits per heavy atom. The third-order valence-corrected chi connectivity index (χ3v) is 4.26. The smallest absolute Gasteiger partial charge is 0.380 e. The number of methoxy groups -OCH3 is 1. The van der Waals surface area contributed by atoms with Gasteiger partial charge < -0.3 is 14.6 Å². The molecule has 8 nitrogen and oxygen atoms in total. The molecular formula is C19H13F4N5O3. The van der Waals surface area contributed by atoms with E-state index in [-0.39, 0.29) is 16.9 Å². The van der Waals surface area contributed by atoms with Crippen molar-refractivity contribution in [2.24, 2.45) is 0 Å². The first-order valence-electron chi connectivity index (χ1n) is 8.73. The Balaban J connectivity index is 1.61. The lowest BCUT2D eigenvalue weighted by molar-refractivity contribution is -0.159. The number of halogens is 4. The van der Waals surface area contributed by atoms with E-state index >= 15 is 0 Å². The standard InChI is InChI=1S/C19H13F4N5O3/c1-30-9-10-4-5-28-14(8-24-15(28)6-10)17(29)25-13-7-11(2-3-12(13)20)16-26-18(31-27-16)19(21,22)23/h2-8H,9H2,1H3,(H,25,29). The number of pyridine rings is 1. The molecule has 3 aromatic heterocycles. The summed E-state index contributed by atoms with van der Waals surface area (Å²) >= 11 is 0. The van der Waals surface area contributed by atoms with Gasteiger partial charge >= 0.3 is 12.1 Å². The van der Waals surface area contributed by atoms with Crippen molar-refractivity contribution in [3.63, 3.8) is 0 Å². The summed E-state index contributed by atoms with van der Waals surface area (Å²) in [5, 5.41) is 5.64. The maximum atomic E-state index is 14.2. The summed E-state index contributed by atoms with van der Waals surface area (Å²) in [4.78, 5) is 20.1. The summed E-state index contributed by atoms with van der Waals surface area (Å²) in [6.45, 7) is 0.370. The number of nitrogens with zero attached hydrogens (tertiary/aromatic N) is 4. The second-order valence-corrected chi connectivity index (χ2v) is 6.41. The van der Waals surface area contributed by atoms with E-state index < -0.39 is 29.6 Å². The number of nitrogens with one attached hydrogen (secondary N) is 1.